The van der Waals surface area contributed by atoms with Crippen LogP contribution in [0.15, 0.2) is 24.3 Å². The van der Waals surface area contributed by atoms with Crippen LogP contribution in [0.5, 0.6) is 0 Å². The minimum absolute atomic E-state index is 0.0585. The molecular weight excluding hydrogens is 945 g/mol. The third-order valence-corrected chi connectivity index (χ3v) is 14.7. The Bertz CT molecular complexity index is 1320. The SMILES string of the molecule is CCCC/C=C\C/C=C\CCCCCCCCOCC(COC1OC(COC2OC(CO)C(O)C(O)C2O)C(O)C(O)C1O)OC(=O)CCCCCCCCCCCCCCCCCCCCCCCCCCC. The van der Waals surface area contributed by atoms with Crippen LogP contribution in [0.3, 0.4) is 0 Å². The first-order valence-electron chi connectivity index (χ1n) is 30.4. The minimum Gasteiger partial charge on any atom is -0.457 e. The molecule has 0 aromatic heterocycles. The van der Waals surface area contributed by atoms with E-state index >= 15 is 0 Å². The molecular formula is C60H112O14. The highest BCUT2D eigenvalue weighted by Crippen LogP contribution is 2.27. The van der Waals surface area contributed by atoms with Gasteiger partial charge < -0.3 is 64.2 Å². The number of rotatable bonds is 50. The first-order valence-corrected chi connectivity index (χ1v) is 30.4. The summed E-state index contributed by atoms with van der Waals surface area (Å²) in [5.41, 5.74) is 0. The predicted molar refractivity (Wildman–Crippen MR) is 294 cm³/mol. The summed E-state index contributed by atoms with van der Waals surface area (Å²) in [5, 5.41) is 72.3. The molecule has 74 heavy (non-hydrogen) atoms. The molecule has 2 aliphatic heterocycles. The van der Waals surface area contributed by atoms with E-state index in [0.29, 0.717) is 13.0 Å². The third kappa shape index (κ3) is 33.7. The van der Waals surface area contributed by atoms with Gasteiger partial charge in [0.05, 0.1) is 26.4 Å². The maximum Gasteiger partial charge on any atom is 0.306 e. The summed E-state index contributed by atoms with van der Waals surface area (Å²) < 4.78 is 34.4. The maximum absolute atomic E-state index is 13.1. The molecule has 436 valence electrons. The van der Waals surface area contributed by atoms with Crippen molar-refractivity contribution in [3.05, 3.63) is 24.3 Å². The predicted octanol–water partition coefficient (Wildman–Crippen LogP) is 11.1. The molecule has 0 aliphatic carbocycles. The van der Waals surface area contributed by atoms with Crippen LogP contribution < -0.4 is 0 Å². The smallest absolute Gasteiger partial charge is 0.306 e. The molecule has 0 bridgehead atoms. The van der Waals surface area contributed by atoms with E-state index in [4.69, 9.17) is 28.4 Å². The monoisotopic (exact) mass is 1060 g/mol. The number of ether oxygens (including phenoxy) is 6. The van der Waals surface area contributed by atoms with Crippen LogP contribution in [0.25, 0.3) is 0 Å². The second-order valence-corrected chi connectivity index (χ2v) is 21.5. The zero-order chi connectivity index (χ0) is 53.7. The molecule has 2 fully saturated rings. The number of aliphatic hydroxyl groups excluding tert-OH is 7. The lowest BCUT2D eigenvalue weighted by Crippen LogP contribution is -2.61. The van der Waals surface area contributed by atoms with Crippen molar-refractivity contribution >= 4 is 5.97 Å². The van der Waals surface area contributed by atoms with Crippen molar-refractivity contribution in [3.8, 4) is 0 Å². The number of hydrogen-bond donors (Lipinski definition) is 7. The van der Waals surface area contributed by atoms with Gasteiger partial charge >= 0.3 is 5.97 Å². The zero-order valence-electron chi connectivity index (χ0n) is 46.8. The number of aliphatic hydroxyl groups is 7. The topological polar surface area (TPSA) is 214 Å². The average Bonchev–Trinajstić information content (AvgIpc) is 3.40. The van der Waals surface area contributed by atoms with E-state index in [9.17, 15) is 40.5 Å². The minimum atomic E-state index is -1.71. The Morgan fingerprint density at radius 3 is 1.34 bits per heavy atom. The second-order valence-electron chi connectivity index (χ2n) is 21.5. The summed E-state index contributed by atoms with van der Waals surface area (Å²) in [7, 11) is 0. The van der Waals surface area contributed by atoms with E-state index in [1.165, 1.54) is 161 Å². The number of esters is 1. The fourth-order valence-electron chi connectivity index (χ4n) is 9.78. The van der Waals surface area contributed by atoms with Crippen LogP contribution in [0.1, 0.15) is 251 Å². The van der Waals surface area contributed by atoms with Crippen LogP contribution in [0.2, 0.25) is 0 Å². The number of hydrogen-bond acceptors (Lipinski definition) is 14. The molecule has 14 nitrogen and oxygen atoms in total. The quantitative estimate of drug-likeness (QED) is 0.0172. The van der Waals surface area contributed by atoms with Gasteiger partial charge in [-0.2, -0.15) is 0 Å². The van der Waals surface area contributed by atoms with E-state index in [1.54, 1.807) is 0 Å². The lowest BCUT2D eigenvalue weighted by molar-refractivity contribution is -0.332. The lowest BCUT2D eigenvalue weighted by atomic mass is 9.98. The molecule has 0 radical (unpaired) electrons. The lowest BCUT2D eigenvalue weighted by Gasteiger charge is -2.42. The molecule has 7 N–H and O–H groups in total. The highest BCUT2D eigenvalue weighted by molar-refractivity contribution is 5.69. The van der Waals surface area contributed by atoms with Gasteiger partial charge in [-0.15, -0.1) is 0 Å². The van der Waals surface area contributed by atoms with Crippen molar-refractivity contribution in [1.29, 1.82) is 0 Å². The Kier molecular flexibility index (Phi) is 44.0. The molecule has 0 amide bonds. The van der Waals surface area contributed by atoms with Gasteiger partial charge in [0.15, 0.2) is 12.6 Å². The van der Waals surface area contributed by atoms with Crippen LogP contribution in [0.4, 0.5) is 0 Å². The van der Waals surface area contributed by atoms with Gasteiger partial charge in [0.2, 0.25) is 0 Å². The van der Waals surface area contributed by atoms with Gasteiger partial charge in [0, 0.05) is 13.0 Å². The van der Waals surface area contributed by atoms with E-state index in [0.717, 1.165) is 64.2 Å². The highest BCUT2D eigenvalue weighted by Gasteiger charge is 2.47. The van der Waals surface area contributed by atoms with Crippen LogP contribution in [0, 0.1) is 0 Å². The van der Waals surface area contributed by atoms with E-state index in [2.05, 4.69) is 38.2 Å². The van der Waals surface area contributed by atoms with Gasteiger partial charge in [0.1, 0.15) is 54.9 Å². The van der Waals surface area contributed by atoms with Crippen molar-refractivity contribution < 1.29 is 69.0 Å². The summed E-state index contributed by atoms with van der Waals surface area (Å²) in [5.74, 6) is -0.374. The van der Waals surface area contributed by atoms with Gasteiger partial charge in [0.25, 0.3) is 0 Å². The Hall–Kier alpha value is -1.53. The Labute approximate surface area is 449 Å². The van der Waals surface area contributed by atoms with Crippen molar-refractivity contribution in [1.82, 2.24) is 0 Å². The molecule has 2 heterocycles. The van der Waals surface area contributed by atoms with Gasteiger partial charge in [-0.05, 0) is 38.5 Å². The summed E-state index contributed by atoms with van der Waals surface area (Å²) in [6.45, 7) is 3.67. The van der Waals surface area contributed by atoms with Crippen LogP contribution >= 0.6 is 0 Å². The molecule has 11 unspecified atom stereocenters. The number of carbonyl (C=O) groups is 1. The number of unbranched alkanes of at least 4 members (excludes halogenated alkanes) is 32. The summed E-state index contributed by atoms with van der Waals surface area (Å²) >= 11 is 0. The molecule has 2 aliphatic rings. The molecule has 0 saturated carbocycles. The number of carbonyl (C=O) groups excluding carboxylic acids is 1. The molecule has 14 heteroatoms. The molecule has 2 saturated heterocycles. The fourth-order valence-corrected chi connectivity index (χ4v) is 9.78. The van der Waals surface area contributed by atoms with Gasteiger partial charge in [-0.25, -0.2) is 0 Å². The fraction of sp³-hybridized carbons (Fsp3) is 0.917. The van der Waals surface area contributed by atoms with Crippen LogP contribution in [-0.4, -0.2) is 142 Å². The van der Waals surface area contributed by atoms with Crippen molar-refractivity contribution in [2.24, 2.45) is 0 Å². The first kappa shape index (κ1) is 68.6. The summed E-state index contributed by atoms with van der Waals surface area (Å²) in [6.07, 6.45) is 38.2. The average molecular weight is 1060 g/mol. The van der Waals surface area contributed by atoms with Crippen LogP contribution in [-0.2, 0) is 33.2 Å². The third-order valence-electron chi connectivity index (χ3n) is 14.7. The van der Waals surface area contributed by atoms with Crippen molar-refractivity contribution in [2.75, 3.05) is 33.0 Å². The largest absolute Gasteiger partial charge is 0.457 e. The van der Waals surface area contributed by atoms with Crippen molar-refractivity contribution in [3.63, 3.8) is 0 Å². The molecule has 0 aromatic carbocycles. The Morgan fingerprint density at radius 2 is 0.851 bits per heavy atom. The normalized spacial score (nSPS) is 24.9. The molecule has 0 aromatic rings. The summed E-state index contributed by atoms with van der Waals surface area (Å²) in [6, 6.07) is 0. The first-order chi connectivity index (χ1) is 36.1. The summed E-state index contributed by atoms with van der Waals surface area (Å²) in [4.78, 5) is 13.1. The number of allylic oxidation sites excluding steroid dienone is 4. The van der Waals surface area contributed by atoms with Gasteiger partial charge in [-0.3, -0.25) is 4.79 Å². The molecule has 11 atom stereocenters. The van der Waals surface area contributed by atoms with Crippen molar-refractivity contribution in [2.45, 2.75) is 319 Å². The Balaban J connectivity index is 1.67. The molecule has 2 rings (SSSR count). The second kappa shape index (κ2) is 47.5. The highest BCUT2D eigenvalue weighted by atomic mass is 16.7. The van der Waals surface area contributed by atoms with E-state index in [-0.39, 0.29) is 25.6 Å². The van der Waals surface area contributed by atoms with Gasteiger partial charge in [-0.1, -0.05) is 231 Å². The standard InChI is InChI=1S/C60H112O14/c1-3-5-7-9-11-13-15-17-19-20-21-22-23-24-25-26-27-28-29-31-33-35-37-39-41-43-52(62)72-49(46-69-44-42-40-38-36-34-32-30-18-16-14-12-10-8-6-4-2)47-70-59-58(68)56(66)54(64)51(74-59)48-71-60-57(67)55(65)53(63)50(45-61)73-60/h10,12,16,18,49-51,53-61,63-68H,3-9,11,13-15,17,19-48H2,1-2H3/b12-10-,18-16-. The van der Waals surface area contributed by atoms with E-state index in [1.807, 2.05) is 0 Å². The maximum atomic E-state index is 13.1. The van der Waals surface area contributed by atoms with E-state index < -0.39 is 80.7 Å². The molecule has 0 spiro atoms. The zero-order valence-corrected chi connectivity index (χ0v) is 46.8. The Morgan fingerprint density at radius 1 is 0.446 bits per heavy atom.